The third-order valence-electron chi connectivity index (χ3n) is 1.44. The predicted octanol–water partition coefficient (Wildman–Crippen LogP) is 2.50. The molecule has 68 valence electrons. The molecule has 0 unspecified atom stereocenters. The molecule has 0 bridgehead atoms. The summed E-state index contributed by atoms with van der Waals surface area (Å²) in [6.45, 7) is 5.40. The van der Waals surface area contributed by atoms with Gasteiger partial charge in [-0.15, -0.1) is 0 Å². The van der Waals surface area contributed by atoms with E-state index >= 15 is 0 Å². The fourth-order valence-electron chi connectivity index (χ4n) is 0.844. The normalized spacial score (nSPS) is 10.9. The molecular weight excluding hydrogens is 154 g/mol. The topological polar surface area (TPSA) is 26.0 Å². The molecule has 0 aliphatic rings. The molecule has 0 atom stereocenters. The quantitative estimate of drug-likeness (QED) is 0.602. The van der Waals surface area contributed by atoms with Crippen LogP contribution in [0.2, 0.25) is 0 Å². The predicted molar refractivity (Wildman–Crippen MR) is 55.1 cm³/mol. The Bertz CT molecular complexity index is 74.0. The second kappa shape index (κ2) is 8.41. The highest BCUT2D eigenvalue weighted by molar-refractivity contribution is 7.99. The lowest BCUT2D eigenvalue weighted by atomic mass is 10.2. The summed E-state index contributed by atoms with van der Waals surface area (Å²) in [4.78, 5) is 0. The van der Waals surface area contributed by atoms with Gasteiger partial charge in [-0.25, -0.2) is 0 Å². The van der Waals surface area contributed by atoms with Gasteiger partial charge in [-0.1, -0.05) is 20.3 Å². The lowest BCUT2D eigenvalue weighted by Gasteiger charge is -2.03. The van der Waals surface area contributed by atoms with Gasteiger partial charge in [-0.2, -0.15) is 11.8 Å². The average Bonchev–Trinajstić information content (AvgIpc) is 1.96. The van der Waals surface area contributed by atoms with Gasteiger partial charge < -0.3 is 5.73 Å². The zero-order valence-corrected chi connectivity index (χ0v) is 8.62. The monoisotopic (exact) mass is 175 g/mol. The van der Waals surface area contributed by atoms with Crippen LogP contribution in [0.15, 0.2) is 0 Å². The Morgan fingerprint density at radius 1 is 1.18 bits per heavy atom. The van der Waals surface area contributed by atoms with Crippen molar-refractivity contribution in [3.8, 4) is 0 Å². The van der Waals surface area contributed by atoms with Crippen molar-refractivity contribution in [2.24, 2.45) is 11.7 Å². The van der Waals surface area contributed by atoms with Gasteiger partial charge in [0.1, 0.15) is 0 Å². The third-order valence-corrected chi connectivity index (χ3v) is 2.92. The number of thioether (sulfide) groups is 1. The van der Waals surface area contributed by atoms with Crippen molar-refractivity contribution in [3.05, 3.63) is 0 Å². The van der Waals surface area contributed by atoms with E-state index < -0.39 is 0 Å². The summed E-state index contributed by atoms with van der Waals surface area (Å²) in [6, 6.07) is 0. The van der Waals surface area contributed by atoms with E-state index in [9.17, 15) is 0 Å². The molecule has 1 nitrogen and oxygen atoms in total. The van der Waals surface area contributed by atoms with Crippen LogP contribution in [-0.2, 0) is 0 Å². The maximum absolute atomic E-state index is 5.38. The lowest BCUT2D eigenvalue weighted by Crippen LogP contribution is -1.98. The van der Waals surface area contributed by atoms with Gasteiger partial charge in [0.2, 0.25) is 0 Å². The Hall–Kier alpha value is 0.310. The summed E-state index contributed by atoms with van der Waals surface area (Å²) in [5.74, 6) is 3.47. The van der Waals surface area contributed by atoms with Crippen LogP contribution < -0.4 is 5.73 Å². The van der Waals surface area contributed by atoms with Crippen LogP contribution >= 0.6 is 11.8 Å². The highest BCUT2D eigenvalue weighted by Gasteiger charge is 1.93. The Labute approximate surface area is 75.1 Å². The zero-order chi connectivity index (χ0) is 8.53. The fourth-order valence-corrected chi connectivity index (χ4v) is 1.89. The molecule has 0 aromatic heterocycles. The van der Waals surface area contributed by atoms with Crippen LogP contribution in [0.3, 0.4) is 0 Å². The van der Waals surface area contributed by atoms with Gasteiger partial charge in [-0.3, -0.25) is 0 Å². The van der Waals surface area contributed by atoms with Crippen LogP contribution in [0.1, 0.15) is 33.1 Å². The molecule has 0 heterocycles. The maximum atomic E-state index is 5.38. The van der Waals surface area contributed by atoms with E-state index in [1.165, 1.54) is 30.8 Å². The van der Waals surface area contributed by atoms with Crippen molar-refractivity contribution in [1.29, 1.82) is 0 Å². The minimum atomic E-state index is 0.842. The molecular formula is C9H21NS. The van der Waals surface area contributed by atoms with Crippen molar-refractivity contribution in [2.75, 3.05) is 18.1 Å². The van der Waals surface area contributed by atoms with Gasteiger partial charge in [0.15, 0.2) is 0 Å². The van der Waals surface area contributed by atoms with Crippen LogP contribution in [0, 0.1) is 5.92 Å². The molecule has 0 spiro atoms. The smallest absolute Gasteiger partial charge is 0.00444 e. The Balaban J connectivity index is 2.80. The minimum absolute atomic E-state index is 0.842. The molecule has 0 aromatic rings. The van der Waals surface area contributed by atoms with Gasteiger partial charge >= 0.3 is 0 Å². The largest absolute Gasteiger partial charge is 0.330 e. The second-order valence-corrected chi connectivity index (χ2v) is 4.47. The Morgan fingerprint density at radius 2 is 1.91 bits per heavy atom. The molecule has 0 amide bonds. The summed E-state index contributed by atoms with van der Waals surface area (Å²) in [5, 5.41) is 0. The van der Waals surface area contributed by atoms with E-state index in [1.54, 1.807) is 0 Å². The number of nitrogens with two attached hydrogens (primary N) is 1. The number of unbranched alkanes of at least 4 members (excludes halogenated alkanes) is 2. The number of rotatable bonds is 7. The highest BCUT2D eigenvalue weighted by atomic mass is 32.2. The van der Waals surface area contributed by atoms with E-state index in [4.69, 9.17) is 5.73 Å². The van der Waals surface area contributed by atoms with Crippen molar-refractivity contribution >= 4 is 11.8 Å². The molecule has 0 fully saturated rings. The van der Waals surface area contributed by atoms with Crippen LogP contribution in [0.4, 0.5) is 0 Å². The number of hydrogen-bond donors (Lipinski definition) is 1. The van der Waals surface area contributed by atoms with Gasteiger partial charge in [0.25, 0.3) is 0 Å². The lowest BCUT2D eigenvalue weighted by molar-refractivity contribution is 0.726. The molecule has 0 radical (unpaired) electrons. The first kappa shape index (κ1) is 11.3. The maximum Gasteiger partial charge on any atom is -0.00444 e. The zero-order valence-electron chi connectivity index (χ0n) is 7.81. The first-order chi connectivity index (χ1) is 5.27. The Morgan fingerprint density at radius 3 is 2.45 bits per heavy atom. The van der Waals surface area contributed by atoms with Crippen molar-refractivity contribution in [1.82, 2.24) is 0 Å². The van der Waals surface area contributed by atoms with E-state index in [2.05, 4.69) is 25.6 Å². The number of hydrogen-bond acceptors (Lipinski definition) is 2. The molecule has 0 aliphatic heterocycles. The van der Waals surface area contributed by atoms with E-state index in [0.717, 1.165) is 12.5 Å². The SMILES string of the molecule is CC(C)CSCCCCCN. The van der Waals surface area contributed by atoms with Crippen molar-refractivity contribution < 1.29 is 0 Å². The van der Waals surface area contributed by atoms with Crippen LogP contribution in [0.5, 0.6) is 0 Å². The van der Waals surface area contributed by atoms with Gasteiger partial charge in [-0.05, 0) is 36.8 Å². The average molecular weight is 175 g/mol. The molecule has 0 rings (SSSR count). The summed E-state index contributed by atoms with van der Waals surface area (Å²) in [7, 11) is 0. The molecule has 2 heteroatoms. The first-order valence-corrected chi connectivity index (χ1v) is 5.70. The molecule has 11 heavy (non-hydrogen) atoms. The van der Waals surface area contributed by atoms with Gasteiger partial charge in [0, 0.05) is 0 Å². The molecule has 0 aliphatic carbocycles. The van der Waals surface area contributed by atoms with E-state index in [0.29, 0.717) is 0 Å². The van der Waals surface area contributed by atoms with Crippen molar-refractivity contribution in [2.45, 2.75) is 33.1 Å². The summed E-state index contributed by atoms with van der Waals surface area (Å²) >= 11 is 2.07. The summed E-state index contributed by atoms with van der Waals surface area (Å²) in [5.41, 5.74) is 5.38. The molecule has 0 saturated carbocycles. The van der Waals surface area contributed by atoms with Gasteiger partial charge in [0.05, 0.1) is 0 Å². The summed E-state index contributed by atoms with van der Waals surface area (Å²) < 4.78 is 0. The van der Waals surface area contributed by atoms with E-state index in [1.807, 2.05) is 0 Å². The second-order valence-electron chi connectivity index (χ2n) is 3.32. The summed E-state index contributed by atoms with van der Waals surface area (Å²) in [6.07, 6.45) is 3.85. The molecule has 2 N–H and O–H groups in total. The Kier molecular flexibility index (Phi) is 8.64. The highest BCUT2D eigenvalue weighted by Crippen LogP contribution is 2.10. The molecule has 0 aromatic carbocycles. The third kappa shape index (κ3) is 10.3. The first-order valence-electron chi connectivity index (χ1n) is 4.55. The van der Waals surface area contributed by atoms with E-state index in [-0.39, 0.29) is 0 Å². The molecule has 0 saturated heterocycles. The van der Waals surface area contributed by atoms with Crippen molar-refractivity contribution in [3.63, 3.8) is 0 Å². The van der Waals surface area contributed by atoms with Crippen LogP contribution in [-0.4, -0.2) is 18.1 Å². The van der Waals surface area contributed by atoms with Crippen LogP contribution in [0.25, 0.3) is 0 Å². The minimum Gasteiger partial charge on any atom is -0.330 e. The fraction of sp³-hybridized carbons (Fsp3) is 1.00. The standard InChI is InChI=1S/C9H21NS/c1-9(2)8-11-7-5-3-4-6-10/h9H,3-8,10H2,1-2H3.